The van der Waals surface area contributed by atoms with Gasteiger partial charge in [-0.25, -0.2) is 8.78 Å². The molecule has 0 aliphatic rings. The second-order valence-electron chi connectivity index (χ2n) is 5.55. The average Bonchev–Trinajstić information content (AvgIpc) is 3.01. The SMILES string of the molecule is C[Si](Cn1cccn1)(c1ccc(F)cc1)c1ccc(F)cc1. The van der Waals surface area contributed by atoms with E-state index in [0.29, 0.717) is 0 Å². The lowest BCUT2D eigenvalue weighted by molar-refractivity contribution is 0.628. The summed E-state index contributed by atoms with van der Waals surface area (Å²) >= 11 is 0. The van der Waals surface area contributed by atoms with Crippen LogP contribution in [-0.2, 0) is 6.17 Å². The molecule has 0 radical (unpaired) electrons. The van der Waals surface area contributed by atoms with E-state index in [1.807, 2.05) is 41.2 Å². The van der Waals surface area contributed by atoms with Gasteiger partial charge in [0.25, 0.3) is 0 Å². The van der Waals surface area contributed by atoms with Crippen molar-refractivity contribution in [3.63, 3.8) is 0 Å². The van der Waals surface area contributed by atoms with Crippen molar-refractivity contribution < 1.29 is 8.78 Å². The molecule has 0 N–H and O–H groups in total. The van der Waals surface area contributed by atoms with Crippen LogP contribution in [0.5, 0.6) is 0 Å². The van der Waals surface area contributed by atoms with Crippen molar-refractivity contribution in [2.24, 2.45) is 0 Å². The molecule has 0 atom stereocenters. The minimum atomic E-state index is -2.18. The fourth-order valence-corrected chi connectivity index (χ4v) is 6.04. The monoisotopic (exact) mass is 314 g/mol. The van der Waals surface area contributed by atoms with Crippen LogP contribution in [0.1, 0.15) is 0 Å². The summed E-state index contributed by atoms with van der Waals surface area (Å²) in [5, 5.41) is 6.48. The van der Waals surface area contributed by atoms with Crippen LogP contribution in [0.25, 0.3) is 0 Å². The highest BCUT2D eigenvalue weighted by molar-refractivity contribution is 7.00. The molecule has 0 saturated carbocycles. The molecule has 0 fully saturated rings. The van der Waals surface area contributed by atoms with Gasteiger partial charge in [-0.05, 0) is 30.3 Å². The number of aromatic nitrogens is 2. The molecular weight excluding hydrogens is 298 g/mol. The van der Waals surface area contributed by atoms with Crippen molar-refractivity contribution in [1.82, 2.24) is 9.78 Å². The van der Waals surface area contributed by atoms with Crippen molar-refractivity contribution in [3.05, 3.63) is 78.6 Å². The molecule has 1 aromatic heterocycles. The summed E-state index contributed by atoms with van der Waals surface area (Å²) in [7, 11) is -2.18. The number of hydrogen-bond donors (Lipinski definition) is 0. The first kappa shape index (κ1) is 14.7. The van der Waals surface area contributed by atoms with Crippen molar-refractivity contribution >= 4 is 18.4 Å². The Morgan fingerprint density at radius 2 is 1.41 bits per heavy atom. The first-order valence-electron chi connectivity index (χ1n) is 7.07. The molecule has 0 amide bonds. The zero-order valence-corrected chi connectivity index (χ0v) is 13.2. The Labute approximate surface area is 129 Å². The summed E-state index contributed by atoms with van der Waals surface area (Å²) in [5.74, 6) is -0.503. The topological polar surface area (TPSA) is 17.8 Å². The summed E-state index contributed by atoms with van der Waals surface area (Å²) in [5.41, 5.74) is 0. The Balaban J connectivity index is 2.08. The smallest absolute Gasteiger partial charge is 0.137 e. The molecule has 0 bridgehead atoms. The predicted octanol–water partition coefficient (Wildman–Crippen LogP) is 2.59. The average molecular weight is 314 g/mol. The van der Waals surface area contributed by atoms with E-state index in [4.69, 9.17) is 0 Å². The second kappa shape index (κ2) is 5.85. The highest BCUT2D eigenvalue weighted by atomic mass is 28.3. The van der Waals surface area contributed by atoms with Gasteiger partial charge in [0.05, 0.1) is 0 Å². The fraction of sp³-hybridized carbons (Fsp3) is 0.118. The van der Waals surface area contributed by atoms with E-state index < -0.39 is 8.07 Å². The Hall–Kier alpha value is -2.27. The third kappa shape index (κ3) is 2.85. The van der Waals surface area contributed by atoms with Crippen LogP contribution in [0.15, 0.2) is 67.0 Å². The van der Waals surface area contributed by atoms with Gasteiger partial charge in [-0.1, -0.05) is 41.2 Å². The van der Waals surface area contributed by atoms with E-state index >= 15 is 0 Å². The molecule has 5 heteroatoms. The van der Waals surface area contributed by atoms with Crippen LogP contribution in [0.4, 0.5) is 8.78 Å². The molecule has 1 heterocycles. The van der Waals surface area contributed by atoms with E-state index in [2.05, 4.69) is 11.6 Å². The third-order valence-electron chi connectivity index (χ3n) is 4.00. The van der Waals surface area contributed by atoms with E-state index in [0.717, 1.165) is 16.5 Å². The molecule has 0 unspecified atom stereocenters. The van der Waals surface area contributed by atoms with Crippen molar-refractivity contribution in [2.75, 3.05) is 0 Å². The van der Waals surface area contributed by atoms with Gasteiger partial charge < -0.3 is 0 Å². The van der Waals surface area contributed by atoms with Crippen LogP contribution in [0.3, 0.4) is 0 Å². The number of benzene rings is 2. The Kier molecular flexibility index (Phi) is 3.89. The van der Waals surface area contributed by atoms with Gasteiger partial charge in [-0.15, -0.1) is 0 Å². The molecule has 0 spiro atoms. The van der Waals surface area contributed by atoms with Gasteiger partial charge in [0.15, 0.2) is 0 Å². The quantitative estimate of drug-likeness (QED) is 0.677. The third-order valence-corrected chi connectivity index (χ3v) is 8.17. The molecule has 0 aliphatic carbocycles. The fourth-order valence-electron chi connectivity index (χ4n) is 2.70. The molecule has 0 saturated heterocycles. The Bertz CT molecular complexity index is 692. The molecule has 0 aliphatic heterocycles. The molecule has 2 aromatic carbocycles. The van der Waals surface area contributed by atoms with Crippen LogP contribution in [0.2, 0.25) is 6.55 Å². The molecular formula is C17H16F2N2Si. The predicted molar refractivity (Wildman–Crippen MR) is 85.9 cm³/mol. The highest BCUT2D eigenvalue weighted by Gasteiger charge is 2.32. The standard InChI is InChI=1S/C17H16F2N2Si/c1-22(13-21-12-2-11-20-21,16-7-3-14(18)4-8-16)17-9-5-15(19)6-10-17/h2-12H,13H2,1H3. The molecule has 2 nitrogen and oxygen atoms in total. The van der Waals surface area contributed by atoms with E-state index in [-0.39, 0.29) is 11.6 Å². The molecule has 3 aromatic rings. The van der Waals surface area contributed by atoms with Crippen LogP contribution < -0.4 is 10.4 Å². The zero-order valence-electron chi connectivity index (χ0n) is 12.2. The summed E-state index contributed by atoms with van der Waals surface area (Å²) in [6, 6.07) is 15.1. The van der Waals surface area contributed by atoms with E-state index in [1.54, 1.807) is 6.20 Å². The maximum absolute atomic E-state index is 13.3. The van der Waals surface area contributed by atoms with Gasteiger partial charge in [-0.3, -0.25) is 4.68 Å². The summed E-state index contributed by atoms with van der Waals surface area (Å²) in [6.07, 6.45) is 4.37. The summed E-state index contributed by atoms with van der Waals surface area (Å²) < 4.78 is 28.4. The van der Waals surface area contributed by atoms with Crippen molar-refractivity contribution in [2.45, 2.75) is 12.7 Å². The second-order valence-corrected chi connectivity index (χ2v) is 9.68. The highest BCUT2D eigenvalue weighted by Crippen LogP contribution is 2.10. The Morgan fingerprint density at radius 3 is 1.82 bits per heavy atom. The maximum atomic E-state index is 13.3. The molecule has 112 valence electrons. The lowest BCUT2D eigenvalue weighted by atomic mass is 10.3. The summed E-state index contributed by atoms with van der Waals surface area (Å²) in [6.45, 7) is 2.19. The summed E-state index contributed by atoms with van der Waals surface area (Å²) in [4.78, 5) is 0. The van der Waals surface area contributed by atoms with Gasteiger partial charge in [-0.2, -0.15) is 5.10 Å². The van der Waals surface area contributed by atoms with Crippen LogP contribution in [0, 0.1) is 11.6 Å². The van der Waals surface area contributed by atoms with Crippen molar-refractivity contribution in [1.29, 1.82) is 0 Å². The lowest BCUT2D eigenvalue weighted by Crippen LogP contribution is -2.59. The maximum Gasteiger partial charge on any atom is 0.137 e. The molecule has 3 rings (SSSR count). The number of nitrogens with zero attached hydrogens (tertiary/aromatic N) is 2. The largest absolute Gasteiger partial charge is 0.275 e. The van der Waals surface area contributed by atoms with Gasteiger partial charge >= 0.3 is 0 Å². The van der Waals surface area contributed by atoms with Gasteiger partial charge in [0, 0.05) is 18.6 Å². The first-order valence-corrected chi connectivity index (χ1v) is 9.78. The Morgan fingerprint density at radius 1 is 0.909 bits per heavy atom. The zero-order chi connectivity index (χ0) is 15.6. The number of hydrogen-bond acceptors (Lipinski definition) is 1. The lowest BCUT2D eigenvalue weighted by Gasteiger charge is -2.28. The van der Waals surface area contributed by atoms with E-state index in [1.165, 1.54) is 24.3 Å². The number of rotatable bonds is 4. The molecule has 22 heavy (non-hydrogen) atoms. The minimum absolute atomic E-state index is 0.252. The van der Waals surface area contributed by atoms with Gasteiger partial charge in [0.1, 0.15) is 19.7 Å². The first-order chi connectivity index (χ1) is 10.6. The van der Waals surface area contributed by atoms with Gasteiger partial charge in [0.2, 0.25) is 0 Å². The normalized spacial score (nSPS) is 11.6. The van der Waals surface area contributed by atoms with Crippen LogP contribution >= 0.6 is 0 Å². The van der Waals surface area contributed by atoms with E-state index in [9.17, 15) is 8.78 Å². The van der Waals surface area contributed by atoms with Crippen LogP contribution in [-0.4, -0.2) is 17.9 Å². The van der Waals surface area contributed by atoms with Crippen molar-refractivity contribution in [3.8, 4) is 0 Å². The number of halogens is 2. The minimum Gasteiger partial charge on any atom is -0.275 e.